The van der Waals surface area contributed by atoms with Crippen LogP contribution in [0.4, 0.5) is 0 Å². The zero-order chi connectivity index (χ0) is 19.4. The molecule has 0 fully saturated rings. The quantitative estimate of drug-likeness (QED) is 0.767. The molecule has 1 aliphatic rings. The van der Waals surface area contributed by atoms with Crippen molar-refractivity contribution in [2.75, 3.05) is 7.11 Å². The van der Waals surface area contributed by atoms with Gasteiger partial charge < -0.3 is 14.8 Å². The Balaban J connectivity index is 1.52. The number of carbonyl (C=O) groups excluding carboxylic acids is 2. The van der Waals surface area contributed by atoms with E-state index in [-0.39, 0.29) is 5.91 Å². The van der Waals surface area contributed by atoms with Crippen molar-refractivity contribution in [3.8, 4) is 5.75 Å². The summed E-state index contributed by atoms with van der Waals surface area (Å²) in [5.41, 5.74) is 2.20. The number of esters is 1. The molecule has 0 unspecified atom stereocenters. The van der Waals surface area contributed by atoms with Gasteiger partial charge >= 0.3 is 5.97 Å². The fourth-order valence-corrected chi connectivity index (χ4v) is 4.25. The Kier molecular flexibility index (Phi) is 6.16. The molecule has 1 N–H and O–H groups in total. The first kappa shape index (κ1) is 19.4. The SMILES string of the molecule is COc1ccc(CNC(=O)[C@H](C)OC(=O)c2cc3c(s2)CC[C@@H](C)C3)cc1. The van der Waals surface area contributed by atoms with Crippen LogP contribution in [0.15, 0.2) is 30.3 Å². The maximum atomic E-state index is 12.4. The number of amides is 1. The molecule has 1 aromatic heterocycles. The lowest BCUT2D eigenvalue weighted by molar-refractivity contribution is -0.129. The molecule has 3 rings (SSSR count). The number of benzene rings is 1. The number of methoxy groups -OCH3 is 1. The van der Waals surface area contributed by atoms with Crippen LogP contribution in [0.2, 0.25) is 0 Å². The predicted octanol–water partition coefficient (Wildman–Crippen LogP) is 3.74. The van der Waals surface area contributed by atoms with Crippen molar-refractivity contribution in [3.63, 3.8) is 0 Å². The lowest BCUT2D eigenvalue weighted by atomic mass is 9.90. The maximum Gasteiger partial charge on any atom is 0.349 e. The van der Waals surface area contributed by atoms with Crippen LogP contribution in [0.1, 0.15) is 45.9 Å². The van der Waals surface area contributed by atoms with Crippen molar-refractivity contribution >= 4 is 23.2 Å². The number of aryl methyl sites for hydroxylation is 1. The summed E-state index contributed by atoms with van der Waals surface area (Å²) in [4.78, 5) is 26.5. The van der Waals surface area contributed by atoms with E-state index in [9.17, 15) is 9.59 Å². The van der Waals surface area contributed by atoms with Crippen molar-refractivity contribution in [1.82, 2.24) is 5.32 Å². The normalized spacial score (nSPS) is 16.9. The van der Waals surface area contributed by atoms with Crippen molar-refractivity contribution in [2.45, 2.75) is 45.8 Å². The van der Waals surface area contributed by atoms with Gasteiger partial charge in [-0.25, -0.2) is 4.79 Å². The molecule has 2 atom stereocenters. The molecule has 0 saturated heterocycles. The summed E-state index contributed by atoms with van der Waals surface area (Å²) in [6.45, 7) is 4.20. The summed E-state index contributed by atoms with van der Waals surface area (Å²) in [5.74, 6) is 0.683. The van der Waals surface area contributed by atoms with Gasteiger partial charge in [0.05, 0.1) is 7.11 Å². The van der Waals surface area contributed by atoms with Crippen molar-refractivity contribution < 1.29 is 19.1 Å². The molecule has 2 aromatic rings. The average Bonchev–Trinajstić information content (AvgIpc) is 3.09. The summed E-state index contributed by atoms with van der Waals surface area (Å²) >= 11 is 1.49. The number of hydrogen-bond donors (Lipinski definition) is 1. The van der Waals surface area contributed by atoms with Gasteiger partial charge in [0, 0.05) is 11.4 Å². The van der Waals surface area contributed by atoms with Crippen molar-refractivity contribution in [2.24, 2.45) is 5.92 Å². The van der Waals surface area contributed by atoms with Gasteiger partial charge in [-0.2, -0.15) is 0 Å². The van der Waals surface area contributed by atoms with E-state index >= 15 is 0 Å². The van der Waals surface area contributed by atoms with Gasteiger partial charge in [-0.3, -0.25) is 4.79 Å². The van der Waals surface area contributed by atoms with Crippen LogP contribution in [-0.2, 0) is 28.9 Å². The lowest BCUT2D eigenvalue weighted by Crippen LogP contribution is -2.35. The summed E-state index contributed by atoms with van der Waals surface area (Å²) in [5, 5.41) is 2.79. The minimum absolute atomic E-state index is 0.311. The number of rotatable bonds is 6. The average molecular weight is 388 g/mol. The predicted molar refractivity (Wildman–Crippen MR) is 105 cm³/mol. The third kappa shape index (κ3) is 4.89. The topological polar surface area (TPSA) is 64.6 Å². The van der Waals surface area contributed by atoms with Gasteiger partial charge in [0.2, 0.25) is 0 Å². The highest BCUT2D eigenvalue weighted by atomic mass is 32.1. The Bertz CT molecular complexity index is 812. The Hall–Kier alpha value is -2.34. The standard InChI is InChI=1S/C21H25NO4S/c1-13-4-9-18-16(10-13)11-19(27-18)21(24)26-14(2)20(23)22-12-15-5-7-17(25-3)8-6-15/h5-8,11,13-14H,4,9-10,12H2,1-3H3,(H,22,23)/t13-,14+/m1/s1. The number of carbonyl (C=O) groups is 2. The molecular formula is C21H25NO4S. The number of hydrogen-bond acceptors (Lipinski definition) is 5. The second-order valence-electron chi connectivity index (χ2n) is 7.02. The minimum atomic E-state index is -0.839. The lowest BCUT2D eigenvalue weighted by Gasteiger charge is -2.16. The zero-order valence-corrected chi connectivity index (χ0v) is 16.7. The fraction of sp³-hybridized carbons (Fsp3) is 0.429. The Labute approximate surface area is 163 Å². The fourth-order valence-electron chi connectivity index (χ4n) is 3.15. The molecule has 1 aromatic carbocycles. The Morgan fingerprint density at radius 3 is 2.74 bits per heavy atom. The molecule has 0 bridgehead atoms. The van der Waals surface area contributed by atoms with Gasteiger partial charge in [-0.15, -0.1) is 11.3 Å². The van der Waals surface area contributed by atoms with E-state index in [1.54, 1.807) is 14.0 Å². The number of nitrogens with one attached hydrogen (secondary N) is 1. The summed E-state index contributed by atoms with van der Waals surface area (Å²) in [7, 11) is 1.61. The van der Waals surface area contributed by atoms with Gasteiger partial charge in [0.25, 0.3) is 5.91 Å². The number of ether oxygens (including phenoxy) is 2. The van der Waals surface area contributed by atoms with Crippen molar-refractivity contribution in [1.29, 1.82) is 0 Å². The summed E-state index contributed by atoms with van der Waals surface area (Å²) in [6.07, 6.45) is 2.35. The number of thiophene rings is 1. The van der Waals surface area contributed by atoms with E-state index in [0.717, 1.165) is 30.6 Å². The molecule has 0 spiro atoms. The highest BCUT2D eigenvalue weighted by Gasteiger charge is 2.24. The highest BCUT2D eigenvalue weighted by molar-refractivity contribution is 7.14. The highest BCUT2D eigenvalue weighted by Crippen LogP contribution is 2.32. The van der Waals surface area contributed by atoms with Crippen LogP contribution in [0.3, 0.4) is 0 Å². The van der Waals surface area contributed by atoms with Gasteiger partial charge in [-0.1, -0.05) is 19.1 Å². The number of fused-ring (bicyclic) bond motifs is 1. The smallest absolute Gasteiger partial charge is 0.349 e. The van der Waals surface area contributed by atoms with Gasteiger partial charge in [-0.05, 0) is 61.4 Å². The zero-order valence-electron chi connectivity index (χ0n) is 15.9. The molecule has 0 aliphatic heterocycles. The van der Waals surface area contributed by atoms with Gasteiger partial charge in [0.1, 0.15) is 10.6 Å². The monoisotopic (exact) mass is 387 g/mol. The molecule has 0 radical (unpaired) electrons. The second kappa shape index (κ2) is 8.57. The van der Waals surface area contributed by atoms with Crippen LogP contribution >= 0.6 is 11.3 Å². The Morgan fingerprint density at radius 2 is 2.04 bits per heavy atom. The second-order valence-corrected chi connectivity index (χ2v) is 8.16. The van der Waals surface area contributed by atoms with E-state index in [4.69, 9.17) is 9.47 Å². The largest absolute Gasteiger partial charge is 0.497 e. The molecular weight excluding hydrogens is 362 g/mol. The first-order valence-corrected chi connectivity index (χ1v) is 10.0. The molecule has 1 aliphatic carbocycles. The molecule has 6 heteroatoms. The molecule has 27 heavy (non-hydrogen) atoms. The Morgan fingerprint density at radius 1 is 1.30 bits per heavy atom. The van der Waals surface area contributed by atoms with E-state index in [1.165, 1.54) is 21.8 Å². The molecule has 5 nitrogen and oxygen atoms in total. The van der Waals surface area contributed by atoms with Crippen molar-refractivity contribution in [3.05, 3.63) is 51.2 Å². The molecule has 0 saturated carbocycles. The van der Waals surface area contributed by atoms with E-state index in [1.807, 2.05) is 30.3 Å². The molecule has 1 amide bonds. The van der Waals surface area contributed by atoms with E-state index < -0.39 is 12.1 Å². The maximum absolute atomic E-state index is 12.4. The van der Waals surface area contributed by atoms with E-state index in [2.05, 4.69) is 12.2 Å². The third-order valence-corrected chi connectivity index (χ3v) is 6.03. The summed E-state index contributed by atoms with van der Waals surface area (Å²) in [6, 6.07) is 9.37. The van der Waals surface area contributed by atoms with Crippen LogP contribution in [0.5, 0.6) is 5.75 Å². The molecule has 144 valence electrons. The van der Waals surface area contributed by atoms with Crippen LogP contribution in [-0.4, -0.2) is 25.1 Å². The van der Waals surface area contributed by atoms with Crippen LogP contribution in [0.25, 0.3) is 0 Å². The minimum Gasteiger partial charge on any atom is -0.497 e. The molecule has 1 heterocycles. The van der Waals surface area contributed by atoms with Gasteiger partial charge in [0.15, 0.2) is 6.10 Å². The van der Waals surface area contributed by atoms with Crippen LogP contribution < -0.4 is 10.1 Å². The van der Waals surface area contributed by atoms with Crippen LogP contribution in [0, 0.1) is 5.92 Å². The summed E-state index contributed by atoms with van der Waals surface area (Å²) < 4.78 is 10.5. The third-order valence-electron chi connectivity index (χ3n) is 4.81. The first-order valence-electron chi connectivity index (χ1n) is 9.19. The first-order chi connectivity index (χ1) is 13.0. The van der Waals surface area contributed by atoms with E-state index in [0.29, 0.717) is 17.3 Å².